The van der Waals surface area contributed by atoms with Crippen LogP contribution in [-0.4, -0.2) is 25.8 Å². The average molecular weight is 271 g/mol. The van der Waals surface area contributed by atoms with Gasteiger partial charge in [0.1, 0.15) is 12.7 Å². The molecule has 2 aromatic rings. The molecule has 1 aliphatic rings. The molecule has 2 unspecified atom stereocenters. The molecule has 1 saturated carbocycles. The second-order valence-electron chi connectivity index (χ2n) is 6.52. The van der Waals surface area contributed by atoms with Crippen LogP contribution in [-0.2, 0) is 0 Å². The van der Waals surface area contributed by atoms with Gasteiger partial charge in [0.15, 0.2) is 5.82 Å². The molecule has 1 fully saturated rings. The van der Waals surface area contributed by atoms with Crippen molar-refractivity contribution in [1.29, 1.82) is 0 Å². The highest BCUT2D eigenvalue weighted by Gasteiger charge is 2.36. The van der Waals surface area contributed by atoms with E-state index >= 15 is 0 Å². The molecule has 1 N–H and O–H groups in total. The van der Waals surface area contributed by atoms with Crippen LogP contribution in [0, 0.1) is 11.3 Å². The fourth-order valence-corrected chi connectivity index (χ4v) is 3.30. The van der Waals surface area contributed by atoms with Gasteiger partial charge in [-0.05, 0) is 36.3 Å². The average Bonchev–Trinajstić information content (AvgIpc) is 2.99. The molecule has 0 saturated heterocycles. The summed E-state index contributed by atoms with van der Waals surface area (Å²) in [6.45, 7) is 7.00. The van der Waals surface area contributed by atoms with Crippen molar-refractivity contribution in [3.8, 4) is 5.82 Å². The highest BCUT2D eigenvalue weighted by Crippen LogP contribution is 2.42. The van der Waals surface area contributed by atoms with E-state index in [0.29, 0.717) is 17.4 Å². The van der Waals surface area contributed by atoms with Crippen LogP contribution in [0.2, 0.25) is 0 Å². The Morgan fingerprint density at radius 3 is 2.85 bits per heavy atom. The van der Waals surface area contributed by atoms with Gasteiger partial charge in [-0.25, -0.2) is 14.6 Å². The van der Waals surface area contributed by atoms with Crippen molar-refractivity contribution in [2.24, 2.45) is 11.3 Å². The van der Waals surface area contributed by atoms with E-state index in [-0.39, 0.29) is 0 Å². The Morgan fingerprint density at radius 1 is 1.35 bits per heavy atom. The molecule has 106 valence electrons. The monoisotopic (exact) mass is 271 g/mol. The first-order chi connectivity index (χ1) is 9.55. The molecular formula is C15H21N5. The smallest absolute Gasteiger partial charge is 0.178 e. The van der Waals surface area contributed by atoms with Gasteiger partial charge in [0, 0.05) is 12.2 Å². The minimum atomic E-state index is 0.409. The van der Waals surface area contributed by atoms with E-state index in [0.717, 1.165) is 11.5 Å². The minimum absolute atomic E-state index is 0.409. The largest absolute Gasteiger partial charge is 0.379 e. The van der Waals surface area contributed by atoms with Crippen LogP contribution in [0.15, 0.2) is 31.0 Å². The number of nitrogens with one attached hydrogen (secondary N) is 1. The van der Waals surface area contributed by atoms with E-state index in [2.05, 4.69) is 47.2 Å². The lowest BCUT2D eigenvalue weighted by atomic mass is 9.91. The van der Waals surface area contributed by atoms with E-state index in [1.807, 2.05) is 6.07 Å². The summed E-state index contributed by atoms with van der Waals surface area (Å²) in [5.41, 5.74) is 1.43. The van der Waals surface area contributed by atoms with Gasteiger partial charge in [0.2, 0.25) is 0 Å². The number of anilines is 1. The molecule has 1 aliphatic carbocycles. The normalized spacial score (nSPS) is 24.8. The number of hydrogen-bond donors (Lipinski definition) is 1. The lowest BCUT2D eigenvalue weighted by Gasteiger charge is -2.21. The molecule has 0 aromatic carbocycles. The fraction of sp³-hybridized carbons (Fsp3) is 0.533. The van der Waals surface area contributed by atoms with Crippen molar-refractivity contribution < 1.29 is 0 Å². The van der Waals surface area contributed by atoms with Gasteiger partial charge in [0.25, 0.3) is 0 Å². The quantitative estimate of drug-likeness (QED) is 0.932. The number of hydrogen-bond acceptors (Lipinski definition) is 4. The van der Waals surface area contributed by atoms with Crippen molar-refractivity contribution in [1.82, 2.24) is 19.7 Å². The molecule has 0 aliphatic heterocycles. The van der Waals surface area contributed by atoms with Crippen molar-refractivity contribution in [2.75, 3.05) is 5.32 Å². The third kappa shape index (κ3) is 2.53. The third-order valence-corrected chi connectivity index (χ3v) is 4.10. The number of rotatable bonds is 3. The molecule has 5 nitrogen and oxygen atoms in total. The van der Waals surface area contributed by atoms with Gasteiger partial charge in [-0.15, -0.1) is 0 Å². The van der Waals surface area contributed by atoms with Crippen LogP contribution in [0.1, 0.15) is 33.6 Å². The molecule has 2 atom stereocenters. The number of aromatic nitrogens is 4. The molecule has 0 radical (unpaired) electrons. The SMILES string of the molecule is CC1CC(C)(C)CC1Nc1cccnc1-n1cncn1. The molecular weight excluding hydrogens is 250 g/mol. The van der Waals surface area contributed by atoms with Crippen LogP contribution >= 0.6 is 0 Å². The van der Waals surface area contributed by atoms with Gasteiger partial charge in [-0.3, -0.25) is 0 Å². The Labute approximate surface area is 119 Å². The Morgan fingerprint density at radius 2 is 2.20 bits per heavy atom. The van der Waals surface area contributed by atoms with Gasteiger partial charge < -0.3 is 5.32 Å². The van der Waals surface area contributed by atoms with E-state index in [1.165, 1.54) is 19.2 Å². The van der Waals surface area contributed by atoms with Gasteiger partial charge >= 0.3 is 0 Å². The van der Waals surface area contributed by atoms with Gasteiger partial charge in [0.05, 0.1) is 5.69 Å². The number of nitrogens with zero attached hydrogens (tertiary/aromatic N) is 4. The van der Waals surface area contributed by atoms with Crippen molar-refractivity contribution in [3.63, 3.8) is 0 Å². The topological polar surface area (TPSA) is 55.6 Å². The van der Waals surface area contributed by atoms with Crippen LogP contribution in [0.3, 0.4) is 0 Å². The Hall–Kier alpha value is -1.91. The maximum atomic E-state index is 4.42. The Balaban J connectivity index is 1.85. The zero-order valence-corrected chi connectivity index (χ0v) is 12.2. The predicted octanol–water partition coefficient (Wildman–Crippen LogP) is 2.90. The van der Waals surface area contributed by atoms with E-state index in [1.54, 1.807) is 17.2 Å². The molecule has 0 bridgehead atoms. The molecule has 2 heterocycles. The molecule has 0 spiro atoms. The molecule has 5 heteroatoms. The fourth-order valence-electron chi connectivity index (χ4n) is 3.30. The standard InChI is InChI=1S/C15H21N5/c1-11-7-15(2,3)8-13(11)19-12-5-4-6-17-14(12)20-10-16-9-18-20/h4-6,9-11,13,19H,7-8H2,1-3H3. The van der Waals surface area contributed by atoms with Crippen molar-refractivity contribution in [3.05, 3.63) is 31.0 Å². The highest BCUT2D eigenvalue weighted by atomic mass is 15.3. The minimum Gasteiger partial charge on any atom is -0.379 e. The van der Waals surface area contributed by atoms with E-state index in [4.69, 9.17) is 0 Å². The Bertz CT molecular complexity index is 576. The molecule has 0 amide bonds. The second-order valence-corrected chi connectivity index (χ2v) is 6.52. The van der Waals surface area contributed by atoms with E-state index < -0.39 is 0 Å². The van der Waals surface area contributed by atoms with Gasteiger partial charge in [-0.1, -0.05) is 20.8 Å². The predicted molar refractivity (Wildman–Crippen MR) is 78.7 cm³/mol. The van der Waals surface area contributed by atoms with Gasteiger partial charge in [-0.2, -0.15) is 5.10 Å². The van der Waals surface area contributed by atoms with E-state index in [9.17, 15) is 0 Å². The summed E-state index contributed by atoms with van der Waals surface area (Å²) >= 11 is 0. The lowest BCUT2D eigenvalue weighted by Crippen LogP contribution is -2.23. The first-order valence-corrected chi connectivity index (χ1v) is 7.12. The van der Waals surface area contributed by atoms with Crippen LogP contribution in [0.4, 0.5) is 5.69 Å². The summed E-state index contributed by atoms with van der Waals surface area (Å²) in [4.78, 5) is 8.42. The summed E-state index contributed by atoms with van der Waals surface area (Å²) < 4.78 is 1.70. The second kappa shape index (κ2) is 4.89. The van der Waals surface area contributed by atoms with Crippen LogP contribution < -0.4 is 5.32 Å². The molecule has 20 heavy (non-hydrogen) atoms. The lowest BCUT2D eigenvalue weighted by molar-refractivity contribution is 0.366. The summed E-state index contributed by atoms with van der Waals surface area (Å²) in [6, 6.07) is 4.49. The maximum absolute atomic E-state index is 4.42. The molecule has 2 aromatic heterocycles. The third-order valence-electron chi connectivity index (χ3n) is 4.10. The van der Waals surface area contributed by atoms with Crippen LogP contribution in [0.25, 0.3) is 5.82 Å². The van der Waals surface area contributed by atoms with Crippen LogP contribution in [0.5, 0.6) is 0 Å². The summed E-state index contributed by atoms with van der Waals surface area (Å²) in [7, 11) is 0. The zero-order valence-electron chi connectivity index (χ0n) is 12.2. The highest BCUT2D eigenvalue weighted by molar-refractivity contribution is 5.56. The maximum Gasteiger partial charge on any atom is 0.178 e. The Kier molecular flexibility index (Phi) is 3.20. The number of pyridine rings is 1. The zero-order chi connectivity index (χ0) is 14.2. The first kappa shape index (κ1) is 13.1. The summed E-state index contributed by atoms with van der Waals surface area (Å²) in [6.07, 6.45) is 7.42. The first-order valence-electron chi connectivity index (χ1n) is 7.12. The van der Waals surface area contributed by atoms with Crippen molar-refractivity contribution >= 4 is 5.69 Å². The summed E-state index contributed by atoms with van der Waals surface area (Å²) in [5, 5.41) is 7.82. The van der Waals surface area contributed by atoms with Crippen molar-refractivity contribution in [2.45, 2.75) is 39.7 Å². The summed E-state index contributed by atoms with van der Waals surface area (Å²) in [5.74, 6) is 1.47. The molecule has 3 rings (SSSR count).